The molecule has 1 aromatic carbocycles. The molecular weight excluding hydrogens is 266 g/mol. The maximum absolute atomic E-state index is 5.68. The molecule has 1 N–H and O–H groups in total. The molecular formula is C16H15N3O2. The first-order valence-corrected chi connectivity index (χ1v) is 6.66. The van der Waals surface area contributed by atoms with Gasteiger partial charge in [-0.05, 0) is 31.2 Å². The lowest BCUT2D eigenvalue weighted by atomic mass is 10.2. The average Bonchev–Trinajstić information content (AvgIpc) is 3.03. The van der Waals surface area contributed by atoms with Gasteiger partial charge in [-0.15, -0.1) is 0 Å². The second-order valence-electron chi connectivity index (χ2n) is 4.54. The largest absolute Gasteiger partial charge is 0.467 e. The number of nitrogens with zero attached hydrogens (tertiary/aromatic N) is 2. The van der Waals surface area contributed by atoms with Crippen molar-refractivity contribution in [2.75, 3.05) is 5.32 Å². The van der Waals surface area contributed by atoms with E-state index in [1.165, 1.54) is 6.33 Å². The van der Waals surface area contributed by atoms with Crippen LogP contribution in [0.2, 0.25) is 0 Å². The number of aromatic nitrogens is 2. The van der Waals surface area contributed by atoms with Crippen molar-refractivity contribution in [3.8, 4) is 11.6 Å². The lowest BCUT2D eigenvalue weighted by Gasteiger charge is -2.12. The molecule has 0 radical (unpaired) electrons. The minimum absolute atomic E-state index is 0.0134. The van der Waals surface area contributed by atoms with Crippen LogP contribution in [0.25, 0.3) is 0 Å². The Labute approximate surface area is 122 Å². The molecule has 0 aliphatic rings. The van der Waals surface area contributed by atoms with Crippen molar-refractivity contribution in [2.45, 2.75) is 13.0 Å². The molecule has 5 nitrogen and oxygen atoms in total. The SMILES string of the molecule is CC(Nc1cc(Oc2ccccc2)ncn1)c1ccco1. The molecule has 1 atom stereocenters. The van der Waals surface area contributed by atoms with Crippen molar-refractivity contribution in [1.29, 1.82) is 0 Å². The van der Waals surface area contributed by atoms with Gasteiger partial charge in [-0.25, -0.2) is 9.97 Å². The summed E-state index contributed by atoms with van der Waals surface area (Å²) in [5.41, 5.74) is 0. The minimum Gasteiger partial charge on any atom is -0.467 e. The zero-order valence-corrected chi connectivity index (χ0v) is 11.6. The predicted molar refractivity (Wildman–Crippen MR) is 79.3 cm³/mol. The van der Waals surface area contributed by atoms with E-state index in [9.17, 15) is 0 Å². The minimum atomic E-state index is 0.0134. The number of para-hydroxylation sites is 1. The van der Waals surface area contributed by atoms with E-state index in [0.29, 0.717) is 11.7 Å². The third-order valence-corrected chi connectivity index (χ3v) is 2.94. The Morgan fingerprint density at radius 3 is 2.71 bits per heavy atom. The molecule has 106 valence electrons. The smallest absolute Gasteiger partial charge is 0.224 e. The van der Waals surface area contributed by atoms with Gasteiger partial charge in [-0.1, -0.05) is 18.2 Å². The molecule has 0 amide bonds. The second-order valence-corrected chi connectivity index (χ2v) is 4.54. The summed E-state index contributed by atoms with van der Waals surface area (Å²) in [4.78, 5) is 8.29. The normalized spacial score (nSPS) is 11.9. The number of hydrogen-bond donors (Lipinski definition) is 1. The Hall–Kier alpha value is -2.82. The van der Waals surface area contributed by atoms with Gasteiger partial charge in [0.05, 0.1) is 12.3 Å². The predicted octanol–water partition coefficient (Wildman–Crippen LogP) is 4.04. The quantitative estimate of drug-likeness (QED) is 0.765. The van der Waals surface area contributed by atoms with Crippen molar-refractivity contribution >= 4 is 5.82 Å². The maximum Gasteiger partial charge on any atom is 0.224 e. The van der Waals surface area contributed by atoms with Crippen LogP contribution < -0.4 is 10.1 Å². The van der Waals surface area contributed by atoms with Gasteiger partial charge in [0.2, 0.25) is 5.88 Å². The molecule has 2 heterocycles. The van der Waals surface area contributed by atoms with E-state index in [1.54, 1.807) is 12.3 Å². The lowest BCUT2D eigenvalue weighted by molar-refractivity contribution is 0.461. The van der Waals surface area contributed by atoms with Crippen molar-refractivity contribution in [1.82, 2.24) is 9.97 Å². The van der Waals surface area contributed by atoms with E-state index in [0.717, 1.165) is 11.5 Å². The Balaban J connectivity index is 1.71. The number of furan rings is 1. The standard InChI is InChI=1S/C16H15N3O2/c1-12(14-8-5-9-20-14)19-15-10-16(18-11-17-15)21-13-6-3-2-4-7-13/h2-12H,1H3,(H,17,18,19). The van der Waals surface area contributed by atoms with E-state index in [-0.39, 0.29) is 6.04 Å². The fourth-order valence-corrected chi connectivity index (χ4v) is 1.91. The lowest BCUT2D eigenvalue weighted by Crippen LogP contribution is -2.07. The van der Waals surface area contributed by atoms with E-state index in [2.05, 4.69) is 15.3 Å². The number of nitrogens with one attached hydrogen (secondary N) is 1. The molecule has 1 unspecified atom stereocenters. The van der Waals surface area contributed by atoms with Crippen LogP contribution in [0.3, 0.4) is 0 Å². The molecule has 0 aliphatic heterocycles. The van der Waals surface area contributed by atoms with Crippen LogP contribution in [0.5, 0.6) is 11.6 Å². The Morgan fingerprint density at radius 2 is 1.95 bits per heavy atom. The molecule has 2 aromatic heterocycles. The monoisotopic (exact) mass is 281 g/mol. The van der Waals surface area contributed by atoms with Gasteiger partial charge in [-0.3, -0.25) is 0 Å². The third-order valence-electron chi connectivity index (χ3n) is 2.94. The van der Waals surface area contributed by atoms with Gasteiger partial charge in [0, 0.05) is 6.07 Å². The number of rotatable bonds is 5. The molecule has 5 heteroatoms. The average molecular weight is 281 g/mol. The summed E-state index contributed by atoms with van der Waals surface area (Å²) in [5, 5.41) is 3.25. The fraction of sp³-hybridized carbons (Fsp3) is 0.125. The highest BCUT2D eigenvalue weighted by atomic mass is 16.5. The summed E-state index contributed by atoms with van der Waals surface area (Å²) >= 11 is 0. The van der Waals surface area contributed by atoms with Crippen molar-refractivity contribution < 1.29 is 9.15 Å². The summed E-state index contributed by atoms with van der Waals surface area (Å²) in [6.07, 6.45) is 3.12. The zero-order valence-electron chi connectivity index (χ0n) is 11.6. The molecule has 3 rings (SSSR count). The molecule has 3 aromatic rings. The summed E-state index contributed by atoms with van der Waals surface area (Å²) in [6, 6.07) is 15.1. The van der Waals surface area contributed by atoms with Gasteiger partial charge >= 0.3 is 0 Å². The molecule has 21 heavy (non-hydrogen) atoms. The fourth-order valence-electron chi connectivity index (χ4n) is 1.91. The Bertz CT molecular complexity index is 684. The number of benzene rings is 1. The van der Waals surface area contributed by atoms with Crippen molar-refractivity contribution in [2.24, 2.45) is 0 Å². The van der Waals surface area contributed by atoms with E-state index in [4.69, 9.17) is 9.15 Å². The summed E-state index contributed by atoms with van der Waals surface area (Å²) < 4.78 is 11.0. The highest BCUT2D eigenvalue weighted by Crippen LogP contribution is 2.23. The molecule has 0 saturated heterocycles. The molecule has 0 fully saturated rings. The van der Waals surface area contributed by atoms with Crippen LogP contribution in [0, 0.1) is 0 Å². The second kappa shape index (κ2) is 6.09. The van der Waals surface area contributed by atoms with Gasteiger partial charge in [0.25, 0.3) is 0 Å². The van der Waals surface area contributed by atoms with Crippen LogP contribution in [0.15, 0.2) is 65.5 Å². The van der Waals surface area contributed by atoms with E-state index in [1.807, 2.05) is 49.4 Å². The topological polar surface area (TPSA) is 60.2 Å². The first-order chi connectivity index (χ1) is 10.3. The number of hydrogen-bond acceptors (Lipinski definition) is 5. The van der Waals surface area contributed by atoms with Crippen LogP contribution in [-0.4, -0.2) is 9.97 Å². The molecule has 0 bridgehead atoms. The van der Waals surface area contributed by atoms with Crippen molar-refractivity contribution in [3.63, 3.8) is 0 Å². The molecule has 0 aliphatic carbocycles. The molecule has 0 saturated carbocycles. The molecule has 0 spiro atoms. The Kier molecular flexibility index (Phi) is 3.82. The summed E-state index contributed by atoms with van der Waals surface area (Å²) in [5.74, 6) is 2.76. The number of ether oxygens (including phenoxy) is 1. The van der Waals surface area contributed by atoms with Gasteiger partial charge in [-0.2, -0.15) is 0 Å². The van der Waals surface area contributed by atoms with Crippen LogP contribution in [0.1, 0.15) is 18.7 Å². The maximum atomic E-state index is 5.68. The van der Waals surface area contributed by atoms with Gasteiger partial charge in [0.15, 0.2) is 0 Å². The Morgan fingerprint density at radius 1 is 1.10 bits per heavy atom. The highest BCUT2D eigenvalue weighted by molar-refractivity contribution is 5.40. The van der Waals surface area contributed by atoms with Gasteiger partial charge < -0.3 is 14.5 Å². The highest BCUT2D eigenvalue weighted by Gasteiger charge is 2.09. The van der Waals surface area contributed by atoms with Crippen LogP contribution >= 0.6 is 0 Å². The summed E-state index contributed by atoms with van der Waals surface area (Å²) in [7, 11) is 0. The zero-order chi connectivity index (χ0) is 14.5. The van der Waals surface area contributed by atoms with Gasteiger partial charge in [0.1, 0.15) is 23.7 Å². The van der Waals surface area contributed by atoms with E-state index < -0.39 is 0 Å². The first kappa shape index (κ1) is 13.2. The van der Waals surface area contributed by atoms with Crippen LogP contribution in [0.4, 0.5) is 5.82 Å². The van der Waals surface area contributed by atoms with Crippen molar-refractivity contribution in [3.05, 3.63) is 66.9 Å². The van der Waals surface area contributed by atoms with E-state index >= 15 is 0 Å². The number of anilines is 1. The first-order valence-electron chi connectivity index (χ1n) is 6.66. The summed E-state index contributed by atoms with van der Waals surface area (Å²) in [6.45, 7) is 2.00. The van der Waals surface area contributed by atoms with Crippen LogP contribution in [-0.2, 0) is 0 Å². The third kappa shape index (κ3) is 3.39.